The molecule has 0 saturated heterocycles. The van der Waals surface area contributed by atoms with E-state index in [0.717, 1.165) is 22.4 Å². The molecule has 0 aliphatic rings. The van der Waals surface area contributed by atoms with Gasteiger partial charge in [-0.2, -0.15) is 4.98 Å². The number of fused-ring (bicyclic) bond motifs is 1. The van der Waals surface area contributed by atoms with Crippen molar-refractivity contribution in [3.8, 4) is 0 Å². The minimum absolute atomic E-state index is 0.0346. The number of nitrogens with one attached hydrogen (secondary N) is 2. The van der Waals surface area contributed by atoms with Gasteiger partial charge < -0.3 is 15.1 Å². The van der Waals surface area contributed by atoms with E-state index in [1.54, 1.807) is 6.07 Å². The molecule has 7 heteroatoms. The Kier molecular flexibility index (Phi) is 4.64. The molecule has 2 heterocycles. The summed E-state index contributed by atoms with van der Waals surface area (Å²) in [6.45, 7) is 2.40. The van der Waals surface area contributed by atoms with Crippen molar-refractivity contribution >= 4 is 40.0 Å². The Balaban J connectivity index is 1.65. The van der Waals surface area contributed by atoms with Crippen LogP contribution in [0.25, 0.3) is 10.9 Å². The van der Waals surface area contributed by atoms with Gasteiger partial charge in [-0.3, -0.25) is 0 Å². The van der Waals surface area contributed by atoms with Gasteiger partial charge in [-0.25, -0.2) is 9.37 Å². The van der Waals surface area contributed by atoms with Crippen LogP contribution in [0.15, 0.2) is 59.0 Å². The number of halogens is 2. The molecule has 0 unspecified atom stereocenters. The summed E-state index contributed by atoms with van der Waals surface area (Å²) in [4.78, 5) is 9.08. The number of aromatic nitrogens is 2. The number of para-hydroxylation sites is 1. The molecule has 27 heavy (non-hydrogen) atoms. The molecule has 0 atom stereocenters. The van der Waals surface area contributed by atoms with Gasteiger partial charge in [0.05, 0.1) is 17.1 Å². The van der Waals surface area contributed by atoms with Gasteiger partial charge in [-0.15, -0.1) is 0 Å². The molecule has 0 radical (unpaired) electrons. The number of furan rings is 1. The van der Waals surface area contributed by atoms with Crippen LogP contribution in [0.5, 0.6) is 0 Å². The molecule has 4 aromatic rings. The minimum atomic E-state index is -0.474. The number of benzene rings is 2. The van der Waals surface area contributed by atoms with Gasteiger partial charge in [0, 0.05) is 11.1 Å². The highest BCUT2D eigenvalue weighted by atomic mass is 35.5. The van der Waals surface area contributed by atoms with E-state index < -0.39 is 5.82 Å². The fourth-order valence-electron chi connectivity index (χ4n) is 2.72. The number of aryl methyl sites for hydroxylation is 1. The van der Waals surface area contributed by atoms with Gasteiger partial charge in [0.1, 0.15) is 23.2 Å². The smallest absolute Gasteiger partial charge is 0.229 e. The summed E-state index contributed by atoms with van der Waals surface area (Å²) in [5.41, 5.74) is 1.38. The SMILES string of the molecule is Cc1ccc(CNc2nc(Nc3ccc(F)c(Cl)c3)nc3ccccc23)o1. The van der Waals surface area contributed by atoms with Crippen LogP contribution in [-0.2, 0) is 6.54 Å². The first-order valence-electron chi connectivity index (χ1n) is 8.36. The van der Waals surface area contributed by atoms with Crippen LogP contribution >= 0.6 is 11.6 Å². The van der Waals surface area contributed by atoms with E-state index in [-0.39, 0.29) is 5.02 Å². The largest absolute Gasteiger partial charge is 0.465 e. The maximum absolute atomic E-state index is 13.4. The molecular weight excluding hydrogens is 367 g/mol. The second kappa shape index (κ2) is 7.25. The van der Waals surface area contributed by atoms with Crippen molar-refractivity contribution in [1.29, 1.82) is 0 Å². The molecule has 0 aliphatic carbocycles. The Morgan fingerprint density at radius 3 is 2.70 bits per heavy atom. The van der Waals surface area contributed by atoms with Gasteiger partial charge in [-0.1, -0.05) is 23.7 Å². The highest BCUT2D eigenvalue weighted by Crippen LogP contribution is 2.26. The van der Waals surface area contributed by atoms with E-state index in [9.17, 15) is 4.39 Å². The predicted molar refractivity (Wildman–Crippen MR) is 105 cm³/mol. The lowest BCUT2D eigenvalue weighted by molar-refractivity contribution is 0.490. The van der Waals surface area contributed by atoms with Crippen molar-refractivity contribution in [2.45, 2.75) is 13.5 Å². The van der Waals surface area contributed by atoms with Crippen molar-refractivity contribution in [2.24, 2.45) is 0 Å². The summed E-state index contributed by atoms with van der Waals surface area (Å²) in [7, 11) is 0. The van der Waals surface area contributed by atoms with E-state index in [0.29, 0.717) is 24.0 Å². The molecule has 0 saturated carbocycles. The Morgan fingerprint density at radius 2 is 1.93 bits per heavy atom. The van der Waals surface area contributed by atoms with Gasteiger partial charge in [0.15, 0.2) is 0 Å². The second-order valence-electron chi connectivity index (χ2n) is 6.03. The van der Waals surface area contributed by atoms with E-state index in [2.05, 4.69) is 20.6 Å². The van der Waals surface area contributed by atoms with Crippen molar-refractivity contribution < 1.29 is 8.81 Å². The summed E-state index contributed by atoms with van der Waals surface area (Å²) >= 11 is 5.85. The summed E-state index contributed by atoms with van der Waals surface area (Å²) < 4.78 is 19.0. The van der Waals surface area contributed by atoms with Crippen LogP contribution in [0.2, 0.25) is 5.02 Å². The standard InChI is InChI=1S/C20H16ClFN4O/c1-12-6-8-14(27-12)11-23-19-15-4-2-3-5-18(15)25-20(26-19)24-13-7-9-17(22)16(21)10-13/h2-10H,11H2,1H3,(H2,23,24,25,26). The maximum atomic E-state index is 13.4. The molecular formula is C20H16ClFN4O. The summed E-state index contributed by atoms with van der Waals surface area (Å²) in [5.74, 6) is 2.25. The molecule has 0 aliphatic heterocycles. The zero-order valence-electron chi connectivity index (χ0n) is 14.5. The third-order valence-corrected chi connectivity index (χ3v) is 4.29. The van der Waals surface area contributed by atoms with Gasteiger partial charge in [0.2, 0.25) is 5.95 Å². The molecule has 0 spiro atoms. The van der Waals surface area contributed by atoms with E-state index in [1.807, 2.05) is 43.3 Å². The Bertz CT molecular complexity index is 1110. The highest BCUT2D eigenvalue weighted by Gasteiger charge is 2.09. The molecule has 2 aromatic carbocycles. The number of hydrogen-bond donors (Lipinski definition) is 2. The summed E-state index contributed by atoms with van der Waals surface area (Å²) in [6.07, 6.45) is 0. The maximum Gasteiger partial charge on any atom is 0.229 e. The molecule has 0 bridgehead atoms. The quantitative estimate of drug-likeness (QED) is 0.465. The number of nitrogens with zero attached hydrogens (tertiary/aromatic N) is 2. The zero-order chi connectivity index (χ0) is 18.8. The zero-order valence-corrected chi connectivity index (χ0v) is 15.2. The molecule has 136 valence electrons. The van der Waals surface area contributed by atoms with Crippen LogP contribution in [0.1, 0.15) is 11.5 Å². The van der Waals surface area contributed by atoms with Gasteiger partial charge in [0.25, 0.3) is 0 Å². The number of rotatable bonds is 5. The third-order valence-electron chi connectivity index (χ3n) is 4.01. The molecule has 4 rings (SSSR count). The average molecular weight is 383 g/mol. The Hall–Kier alpha value is -3.12. The lowest BCUT2D eigenvalue weighted by atomic mass is 10.2. The van der Waals surface area contributed by atoms with Gasteiger partial charge >= 0.3 is 0 Å². The summed E-state index contributed by atoms with van der Waals surface area (Å²) in [6, 6.07) is 15.9. The molecule has 0 fully saturated rings. The van der Waals surface area contributed by atoms with Crippen LogP contribution in [0.4, 0.5) is 21.8 Å². The van der Waals surface area contributed by atoms with Crippen molar-refractivity contribution in [3.05, 3.63) is 77.0 Å². The predicted octanol–water partition coefficient (Wildman–Crippen LogP) is 5.68. The van der Waals surface area contributed by atoms with Crippen LogP contribution < -0.4 is 10.6 Å². The lowest BCUT2D eigenvalue weighted by Gasteiger charge is -2.11. The topological polar surface area (TPSA) is 63.0 Å². The van der Waals surface area contributed by atoms with Crippen LogP contribution in [0.3, 0.4) is 0 Å². The van der Waals surface area contributed by atoms with E-state index in [1.165, 1.54) is 12.1 Å². The molecule has 2 N–H and O–H groups in total. The van der Waals surface area contributed by atoms with Crippen LogP contribution in [0, 0.1) is 12.7 Å². The van der Waals surface area contributed by atoms with Gasteiger partial charge in [-0.05, 0) is 49.4 Å². The third kappa shape index (κ3) is 3.85. The fourth-order valence-corrected chi connectivity index (χ4v) is 2.90. The normalized spacial score (nSPS) is 10.9. The highest BCUT2D eigenvalue weighted by molar-refractivity contribution is 6.31. The summed E-state index contributed by atoms with van der Waals surface area (Å²) in [5, 5.41) is 7.29. The van der Waals surface area contributed by atoms with Crippen LogP contribution in [-0.4, -0.2) is 9.97 Å². The molecule has 5 nitrogen and oxygen atoms in total. The Labute approximate surface area is 160 Å². The van der Waals surface area contributed by atoms with Crippen molar-refractivity contribution in [2.75, 3.05) is 10.6 Å². The number of anilines is 3. The number of hydrogen-bond acceptors (Lipinski definition) is 5. The molecule has 2 aromatic heterocycles. The fraction of sp³-hybridized carbons (Fsp3) is 0.100. The lowest BCUT2D eigenvalue weighted by Crippen LogP contribution is -2.05. The van der Waals surface area contributed by atoms with Crippen molar-refractivity contribution in [3.63, 3.8) is 0 Å². The monoisotopic (exact) mass is 382 g/mol. The van der Waals surface area contributed by atoms with Crippen molar-refractivity contribution in [1.82, 2.24) is 9.97 Å². The molecule has 0 amide bonds. The average Bonchev–Trinajstić information content (AvgIpc) is 3.08. The van der Waals surface area contributed by atoms with E-state index >= 15 is 0 Å². The minimum Gasteiger partial charge on any atom is -0.465 e. The first-order chi connectivity index (χ1) is 13.1. The van der Waals surface area contributed by atoms with E-state index in [4.69, 9.17) is 16.0 Å². The first kappa shape index (κ1) is 17.3. The first-order valence-corrected chi connectivity index (χ1v) is 8.74. The second-order valence-corrected chi connectivity index (χ2v) is 6.44. The Morgan fingerprint density at radius 1 is 1.07 bits per heavy atom.